The van der Waals surface area contributed by atoms with Gasteiger partial charge < -0.3 is 16.4 Å². The summed E-state index contributed by atoms with van der Waals surface area (Å²) in [4.78, 5) is 21.9. The molecule has 0 aliphatic carbocycles. The van der Waals surface area contributed by atoms with Crippen molar-refractivity contribution in [2.24, 2.45) is 5.73 Å². The molecule has 0 spiro atoms. The fraction of sp³-hybridized carbons (Fsp3) is 0.273. The van der Waals surface area contributed by atoms with E-state index in [9.17, 15) is 27.2 Å². The molecule has 0 radical (unpaired) electrons. The lowest BCUT2D eigenvalue weighted by atomic mass is 10.1. The number of hydrogen-bond donors (Lipinski definition) is 3. The van der Waals surface area contributed by atoms with E-state index >= 15 is 0 Å². The molecule has 0 unspecified atom stereocenters. The summed E-state index contributed by atoms with van der Waals surface area (Å²) < 4.78 is 50.9. The van der Waals surface area contributed by atoms with Crippen molar-refractivity contribution < 1.29 is 27.2 Å². The number of halogens is 4. The number of hydrogen-bond acceptors (Lipinski definition) is 2. The minimum absolute atomic E-state index is 0.0261. The molecule has 1 aromatic carbocycles. The van der Waals surface area contributed by atoms with Crippen LogP contribution in [0.5, 0.6) is 0 Å². The molecule has 0 aliphatic rings. The number of carbonyl (C=O) groups is 2. The third-order valence-corrected chi connectivity index (χ3v) is 2.26. The molecule has 0 fully saturated rings. The molecule has 20 heavy (non-hydrogen) atoms. The third-order valence-electron chi connectivity index (χ3n) is 2.26. The van der Waals surface area contributed by atoms with Gasteiger partial charge in [-0.2, -0.15) is 13.2 Å². The summed E-state index contributed by atoms with van der Waals surface area (Å²) in [5.74, 6) is -2.65. The maximum atomic E-state index is 13.6. The zero-order valence-corrected chi connectivity index (χ0v) is 10.1. The van der Waals surface area contributed by atoms with Crippen LogP contribution in [0.25, 0.3) is 0 Å². The number of benzene rings is 1. The monoisotopic (exact) mass is 293 g/mol. The van der Waals surface area contributed by atoms with E-state index < -0.39 is 35.1 Å². The summed E-state index contributed by atoms with van der Waals surface area (Å²) in [6.07, 6.45) is -4.88. The van der Waals surface area contributed by atoms with Crippen LogP contribution in [0.1, 0.15) is 15.9 Å². The first kappa shape index (κ1) is 15.7. The predicted molar refractivity (Wildman–Crippen MR) is 61.3 cm³/mol. The number of nitrogens with two attached hydrogens (primary N) is 1. The fourth-order valence-electron chi connectivity index (χ4n) is 1.38. The second-order valence-corrected chi connectivity index (χ2v) is 3.71. The van der Waals surface area contributed by atoms with Crippen LogP contribution in [-0.4, -0.2) is 25.0 Å². The normalized spacial score (nSPS) is 11.0. The zero-order valence-electron chi connectivity index (χ0n) is 10.1. The Morgan fingerprint density at radius 3 is 2.30 bits per heavy atom. The Morgan fingerprint density at radius 1 is 1.15 bits per heavy atom. The van der Waals surface area contributed by atoms with Crippen LogP contribution in [0.4, 0.5) is 22.4 Å². The van der Waals surface area contributed by atoms with Crippen LogP contribution in [0.15, 0.2) is 18.2 Å². The molecule has 1 rings (SSSR count). The van der Waals surface area contributed by atoms with Gasteiger partial charge >= 0.3 is 12.2 Å². The van der Waals surface area contributed by atoms with E-state index in [0.29, 0.717) is 6.07 Å². The van der Waals surface area contributed by atoms with Gasteiger partial charge in [-0.3, -0.25) is 4.79 Å². The van der Waals surface area contributed by atoms with Gasteiger partial charge in [0.25, 0.3) is 5.91 Å². The number of primary amides is 1. The zero-order chi connectivity index (χ0) is 15.3. The van der Waals surface area contributed by atoms with Crippen molar-refractivity contribution >= 4 is 11.9 Å². The topological polar surface area (TPSA) is 84.2 Å². The molecule has 110 valence electrons. The van der Waals surface area contributed by atoms with E-state index in [0.717, 1.165) is 12.1 Å². The number of rotatable bonds is 4. The lowest BCUT2D eigenvalue weighted by Gasteiger charge is -2.11. The van der Waals surface area contributed by atoms with Crippen molar-refractivity contribution in [3.05, 3.63) is 35.1 Å². The molecule has 0 aromatic heterocycles. The largest absolute Gasteiger partial charge is 0.419 e. The van der Waals surface area contributed by atoms with E-state index in [1.807, 2.05) is 0 Å². The van der Waals surface area contributed by atoms with Gasteiger partial charge in [-0.05, 0) is 12.1 Å². The first-order valence-corrected chi connectivity index (χ1v) is 5.40. The maximum absolute atomic E-state index is 13.6. The van der Waals surface area contributed by atoms with Crippen molar-refractivity contribution in [1.29, 1.82) is 0 Å². The van der Waals surface area contributed by atoms with Crippen LogP contribution in [0.3, 0.4) is 0 Å². The van der Waals surface area contributed by atoms with E-state index in [2.05, 4.69) is 10.6 Å². The summed E-state index contributed by atoms with van der Waals surface area (Å²) >= 11 is 0. The summed E-state index contributed by atoms with van der Waals surface area (Å²) in [5, 5.41) is 4.31. The first-order valence-electron chi connectivity index (χ1n) is 5.40. The molecule has 0 saturated heterocycles. The summed E-state index contributed by atoms with van der Waals surface area (Å²) in [6.45, 7) is -0.126. The Hall–Kier alpha value is -2.32. The Kier molecular flexibility index (Phi) is 4.89. The minimum Gasteiger partial charge on any atom is -0.352 e. The highest BCUT2D eigenvalue weighted by Gasteiger charge is 2.35. The molecule has 3 amide bonds. The number of amides is 3. The van der Waals surface area contributed by atoms with Crippen LogP contribution < -0.4 is 16.4 Å². The van der Waals surface area contributed by atoms with E-state index in [1.165, 1.54) is 0 Å². The number of nitrogens with one attached hydrogen (secondary N) is 2. The molecule has 0 aliphatic heterocycles. The molecule has 1 aromatic rings. The van der Waals surface area contributed by atoms with E-state index in [-0.39, 0.29) is 13.1 Å². The Balaban J connectivity index is 2.76. The Bertz CT molecular complexity index is 517. The van der Waals surface area contributed by atoms with E-state index in [1.54, 1.807) is 0 Å². The smallest absolute Gasteiger partial charge is 0.352 e. The number of alkyl halides is 3. The van der Waals surface area contributed by atoms with Gasteiger partial charge in [-0.25, -0.2) is 9.18 Å². The van der Waals surface area contributed by atoms with Crippen molar-refractivity contribution in [2.45, 2.75) is 6.18 Å². The summed E-state index contributed by atoms with van der Waals surface area (Å²) in [6, 6.07) is 1.59. The highest BCUT2D eigenvalue weighted by molar-refractivity contribution is 5.94. The first-order chi connectivity index (χ1) is 9.23. The highest BCUT2D eigenvalue weighted by atomic mass is 19.4. The minimum atomic E-state index is -4.88. The van der Waals surface area contributed by atoms with Crippen molar-refractivity contribution in [2.75, 3.05) is 13.1 Å². The number of carbonyl (C=O) groups excluding carboxylic acids is 2. The van der Waals surface area contributed by atoms with Crippen molar-refractivity contribution in [3.8, 4) is 0 Å². The molecule has 0 bridgehead atoms. The van der Waals surface area contributed by atoms with Gasteiger partial charge in [0.1, 0.15) is 5.82 Å². The van der Waals surface area contributed by atoms with Gasteiger partial charge in [0, 0.05) is 13.1 Å². The number of urea groups is 1. The molecule has 4 N–H and O–H groups in total. The van der Waals surface area contributed by atoms with Crippen molar-refractivity contribution in [1.82, 2.24) is 10.6 Å². The van der Waals surface area contributed by atoms with Crippen molar-refractivity contribution in [3.63, 3.8) is 0 Å². The predicted octanol–water partition coefficient (Wildman–Crippen LogP) is 1.24. The van der Waals surface area contributed by atoms with Crippen LogP contribution in [0, 0.1) is 5.82 Å². The molecular formula is C11H11F4N3O2. The molecule has 0 heterocycles. The average Bonchev–Trinajstić information content (AvgIpc) is 2.33. The fourth-order valence-corrected chi connectivity index (χ4v) is 1.38. The third kappa shape index (κ3) is 4.11. The summed E-state index contributed by atoms with van der Waals surface area (Å²) in [5.41, 5.74) is 2.53. The van der Waals surface area contributed by atoms with E-state index in [4.69, 9.17) is 5.73 Å². The lowest BCUT2D eigenvalue weighted by Crippen LogP contribution is -2.37. The highest BCUT2D eigenvalue weighted by Crippen LogP contribution is 2.32. The second kappa shape index (κ2) is 6.22. The molecular weight excluding hydrogens is 282 g/mol. The molecule has 0 atom stereocenters. The van der Waals surface area contributed by atoms with Crippen LogP contribution >= 0.6 is 0 Å². The molecule has 9 heteroatoms. The van der Waals surface area contributed by atoms with Crippen LogP contribution in [0.2, 0.25) is 0 Å². The SMILES string of the molecule is NC(=O)NCCNC(=O)c1cccc(C(F)(F)F)c1F. The summed E-state index contributed by atoms with van der Waals surface area (Å²) in [7, 11) is 0. The maximum Gasteiger partial charge on any atom is 0.419 e. The Labute approximate surface area is 111 Å². The van der Waals surface area contributed by atoms with Gasteiger partial charge in [-0.15, -0.1) is 0 Å². The van der Waals surface area contributed by atoms with Crippen LogP contribution in [-0.2, 0) is 6.18 Å². The van der Waals surface area contributed by atoms with Gasteiger partial charge in [0.05, 0.1) is 11.1 Å². The van der Waals surface area contributed by atoms with Gasteiger partial charge in [-0.1, -0.05) is 6.07 Å². The van der Waals surface area contributed by atoms with Gasteiger partial charge in [0.2, 0.25) is 0 Å². The second-order valence-electron chi connectivity index (χ2n) is 3.71. The molecule has 0 saturated carbocycles. The quantitative estimate of drug-likeness (QED) is 0.576. The van der Waals surface area contributed by atoms with Gasteiger partial charge in [0.15, 0.2) is 0 Å². The lowest BCUT2D eigenvalue weighted by molar-refractivity contribution is -0.140. The average molecular weight is 293 g/mol. The molecule has 5 nitrogen and oxygen atoms in total. The Morgan fingerprint density at radius 2 is 1.75 bits per heavy atom. The standard InChI is InChI=1S/C11H11F4N3O2/c12-8-6(2-1-3-7(8)11(13,14)15)9(19)17-4-5-18-10(16)20/h1-3H,4-5H2,(H,17,19)(H3,16,18,20).